The van der Waals surface area contributed by atoms with Gasteiger partial charge in [0.1, 0.15) is 0 Å². The lowest BCUT2D eigenvalue weighted by atomic mass is 10.1. The van der Waals surface area contributed by atoms with E-state index in [1.165, 1.54) is 38.4 Å². The first-order valence-corrected chi connectivity index (χ1v) is 9.38. The van der Waals surface area contributed by atoms with Gasteiger partial charge in [-0.05, 0) is 37.5 Å². The summed E-state index contributed by atoms with van der Waals surface area (Å²) in [4.78, 5) is 30.4. The van der Waals surface area contributed by atoms with Gasteiger partial charge in [-0.15, -0.1) is 0 Å². The second kappa shape index (κ2) is 8.41. The number of amides is 1. The molecule has 0 radical (unpaired) electrons. The Kier molecular flexibility index (Phi) is 6.51. The Morgan fingerprint density at radius 2 is 1.88 bits per heavy atom. The number of sulfonamides is 1. The van der Waals surface area contributed by atoms with Gasteiger partial charge in [0.15, 0.2) is 6.61 Å². The number of carbonyl (C=O) groups excluding carboxylic acids is 2. The molecule has 9 heteroatoms. The summed E-state index contributed by atoms with van der Waals surface area (Å²) in [6, 6.07) is 5.40. The standard InChI is InChI=1S/C16H22N2O6S/c1-17(23-2)25(21,22)14-8-6-7-13(11-14)16(20)24-12-15(19)18-9-4-3-5-10-18/h6-8,11H,3-5,9-10,12H2,1-2H3. The molecule has 0 aliphatic carbocycles. The minimum absolute atomic E-state index is 0.0528. The highest BCUT2D eigenvalue weighted by atomic mass is 32.2. The quantitative estimate of drug-likeness (QED) is 0.549. The lowest BCUT2D eigenvalue weighted by Crippen LogP contribution is -2.38. The Balaban J connectivity index is 2.02. The molecule has 0 aromatic heterocycles. The Bertz CT molecular complexity index is 728. The molecule has 1 aromatic rings. The van der Waals surface area contributed by atoms with E-state index in [0.29, 0.717) is 17.6 Å². The minimum atomic E-state index is -3.87. The Labute approximate surface area is 147 Å². The van der Waals surface area contributed by atoms with Crippen molar-refractivity contribution < 1.29 is 27.6 Å². The highest BCUT2D eigenvalue weighted by Gasteiger charge is 2.23. The zero-order chi connectivity index (χ0) is 18.4. The number of carbonyl (C=O) groups is 2. The Hall–Kier alpha value is -1.97. The van der Waals surface area contributed by atoms with Gasteiger partial charge in [-0.25, -0.2) is 13.2 Å². The number of hydrogen-bond acceptors (Lipinski definition) is 6. The molecule has 1 fully saturated rings. The van der Waals surface area contributed by atoms with E-state index in [2.05, 4.69) is 0 Å². The van der Waals surface area contributed by atoms with Crippen molar-refractivity contribution in [1.29, 1.82) is 0 Å². The Morgan fingerprint density at radius 1 is 1.20 bits per heavy atom. The number of hydroxylamine groups is 1. The van der Waals surface area contributed by atoms with Crippen LogP contribution in [0.3, 0.4) is 0 Å². The van der Waals surface area contributed by atoms with Crippen LogP contribution in [-0.2, 0) is 24.4 Å². The minimum Gasteiger partial charge on any atom is -0.452 e. The van der Waals surface area contributed by atoms with Gasteiger partial charge in [0.25, 0.3) is 15.9 Å². The van der Waals surface area contributed by atoms with Crippen molar-refractivity contribution >= 4 is 21.9 Å². The third kappa shape index (κ3) is 4.77. The SMILES string of the molecule is CON(C)S(=O)(=O)c1cccc(C(=O)OCC(=O)N2CCCCC2)c1. The zero-order valence-corrected chi connectivity index (χ0v) is 15.1. The predicted molar refractivity (Wildman–Crippen MR) is 89.1 cm³/mol. The van der Waals surface area contributed by atoms with Gasteiger partial charge in [-0.1, -0.05) is 10.5 Å². The van der Waals surface area contributed by atoms with Crippen LogP contribution in [0.4, 0.5) is 0 Å². The van der Waals surface area contributed by atoms with Crippen LogP contribution in [0.5, 0.6) is 0 Å². The van der Waals surface area contributed by atoms with E-state index in [0.717, 1.165) is 19.3 Å². The summed E-state index contributed by atoms with van der Waals surface area (Å²) >= 11 is 0. The molecular weight excluding hydrogens is 348 g/mol. The van der Waals surface area contributed by atoms with Crippen LogP contribution in [0.25, 0.3) is 0 Å². The van der Waals surface area contributed by atoms with Crippen molar-refractivity contribution in [3.63, 3.8) is 0 Å². The molecule has 2 rings (SSSR count). The summed E-state index contributed by atoms with van der Waals surface area (Å²) in [6.45, 7) is 0.995. The maximum atomic E-state index is 12.2. The van der Waals surface area contributed by atoms with Gasteiger partial charge >= 0.3 is 5.97 Å². The summed E-state index contributed by atoms with van der Waals surface area (Å²) in [5.41, 5.74) is 0.0528. The fraction of sp³-hybridized carbons (Fsp3) is 0.500. The maximum absolute atomic E-state index is 12.2. The monoisotopic (exact) mass is 370 g/mol. The van der Waals surface area contributed by atoms with Crippen LogP contribution in [0.1, 0.15) is 29.6 Å². The van der Waals surface area contributed by atoms with E-state index >= 15 is 0 Å². The lowest BCUT2D eigenvalue weighted by molar-refractivity contribution is -0.135. The van der Waals surface area contributed by atoms with Gasteiger partial charge in [-0.3, -0.25) is 9.63 Å². The van der Waals surface area contributed by atoms with E-state index in [4.69, 9.17) is 9.57 Å². The van der Waals surface area contributed by atoms with Crippen molar-refractivity contribution in [1.82, 2.24) is 9.37 Å². The molecule has 1 heterocycles. The second-order valence-corrected chi connectivity index (χ2v) is 7.58. The lowest BCUT2D eigenvalue weighted by Gasteiger charge is -2.26. The van der Waals surface area contributed by atoms with Gasteiger partial charge in [0, 0.05) is 20.1 Å². The molecule has 0 saturated carbocycles. The van der Waals surface area contributed by atoms with E-state index in [1.807, 2.05) is 0 Å². The third-order valence-corrected chi connectivity index (χ3v) is 5.67. The van der Waals surface area contributed by atoms with Crippen molar-refractivity contribution in [2.75, 3.05) is 33.9 Å². The van der Waals surface area contributed by atoms with Crippen LogP contribution in [0.15, 0.2) is 29.2 Å². The van der Waals surface area contributed by atoms with Gasteiger partial charge < -0.3 is 9.64 Å². The highest BCUT2D eigenvalue weighted by Crippen LogP contribution is 2.17. The summed E-state index contributed by atoms with van der Waals surface area (Å²) < 4.78 is 30.1. The maximum Gasteiger partial charge on any atom is 0.338 e. The van der Waals surface area contributed by atoms with Crippen LogP contribution in [0, 0.1) is 0 Å². The number of nitrogens with zero attached hydrogens (tertiary/aromatic N) is 2. The normalized spacial score (nSPS) is 15.2. The molecule has 1 aromatic carbocycles. The summed E-state index contributed by atoms with van der Waals surface area (Å²) in [7, 11) is -1.39. The third-order valence-electron chi connectivity index (χ3n) is 4.00. The van der Waals surface area contributed by atoms with Crippen molar-refractivity contribution in [3.05, 3.63) is 29.8 Å². The number of rotatable bonds is 6. The highest BCUT2D eigenvalue weighted by molar-refractivity contribution is 7.89. The number of benzene rings is 1. The fourth-order valence-corrected chi connectivity index (χ4v) is 3.49. The summed E-state index contributed by atoms with van der Waals surface area (Å²) in [5.74, 6) is -0.988. The number of likely N-dealkylation sites (tertiary alicyclic amines) is 1. The number of ether oxygens (including phenoxy) is 1. The Morgan fingerprint density at radius 3 is 2.52 bits per heavy atom. The average Bonchev–Trinajstić information content (AvgIpc) is 2.65. The van der Waals surface area contributed by atoms with Crippen molar-refractivity contribution in [3.8, 4) is 0 Å². The second-order valence-electron chi connectivity index (χ2n) is 5.64. The molecule has 0 spiro atoms. The van der Waals surface area contributed by atoms with Gasteiger partial charge in [0.2, 0.25) is 0 Å². The van der Waals surface area contributed by atoms with E-state index in [1.54, 1.807) is 4.90 Å². The largest absolute Gasteiger partial charge is 0.452 e. The molecule has 8 nitrogen and oxygen atoms in total. The summed E-state index contributed by atoms with van der Waals surface area (Å²) in [5, 5.41) is 0. The van der Waals surface area contributed by atoms with Crippen LogP contribution < -0.4 is 0 Å². The van der Waals surface area contributed by atoms with E-state index in [9.17, 15) is 18.0 Å². The van der Waals surface area contributed by atoms with Crippen molar-refractivity contribution in [2.24, 2.45) is 0 Å². The van der Waals surface area contributed by atoms with E-state index in [-0.39, 0.29) is 23.0 Å². The molecule has 0 atom stereocenters. The molecule has 0 N–H and O–H groups in total. The van der Waals surface area contributed by atoms with Crippen LogP contribution >= 0.6 is 0 Å². The molecule has 0 unspecified atom stereocenters. The smallest absolute Gasteiger partial charge is 0.338 e. The molecule has 1 aliphatic heterocycles. The predicted octanol–water partition coefficient (Wildman–Crippen LogP) is 1.04. The number of hydrogen-bond donors (Lipinski definition) is 0. The molecule has 1 aliphatic rings. The number of piperidine rings is 1. The topological polar surface area (TPSA) is 93.2 Å². The summed E-state index contributed by atoms with van der Waals surface area (Å²) in [6.07, 6.45) is 3.00. The zero-order valence-electron chi connectivity index (χ0n) is 14.3. The van der Waals surface area contributed by atoms with Gasteiger partial charge in [0.05, 0.1) is 17.6 Å². The molecule has 25 heavy (non-hydrogen) atoms. The van der Waals surface area contributed by atoms with Crippen molar-refractivity contribution in [2.45, 2.75) is 24.2 Å². The number of esters is 1. The fourth-order valence-electron chi connectivity index (χ4n) is 2.48. The van der Waals surface area contributed by atoms with Gasteiger partial charge in [-0.2, -0.15) is 0 Å². The molecule has 0 bridgehead atoms. The molecule has 1 amide bonds. The van der Waals surface area contributed by atoms with E-state index < -0.39 is 16.0 Å². The molecule has 138 valence electrons. The first-order valence-electron chi connectivity index (χ1n) is 7.94. The first kappa shape index (κ1) is 19.4. The molecular formula is C16H22N2O6S. The van der Waals surface area contributed by atoms with Crippen LogP contribution in [0.2, 0.25) is 0 Å². The average molecular weight is 370 g/mol. The first-order chi connectivity index (χ1) is 11.9. The van der Waals surface area contributed by atoms with Crippen LogP contribution in [-0.4, -0.2) is 63.5 Å². The molecule has 1 saturated heterocycles.